The highest BCUT2D eigenvalue weighted by Gasteiger charge is 2.43. The second-order valence-electron chi connectivity index (χ2n) is 4.96. The molecule has 0 radical (unpaired) electrons. The van der Waals surface area contributed by atoms with E-state index in [0.717, 1.165) is 18.1 Å². The van der Waals surface area contributed by atoms with Gasteiger partial charge < -0.3 is 15.3 Å². The van der Waals surface area contributed by atoms with Crippen molar-refractivity contribution in [3.63, 3.8) is 0 Å². The second kappa shape index (κ2) is 4.86. The summed E-state index contributed by atoms with van der Waals surface area (Å²) in [6.45, 7) is 3.46. The van der Waals surface area contributed by atoms with Crippen LogP contribution in [0.1, 0.15) is 13.3 Å². The van der Waals surface area contributed by atoms with Crippen LogP contribution in [-0.2, 0) is 9.59 Å². The number of likely N-dealkylation sites (tertiary alicyclic amines) is 1. The third-order valence-corrected chi connectivity index (χ3v) is 4.58. The van der Waals surface area contributed by atoms with Crippen LogP contribution >= 0.6 is 11.8 Å². The first-order valence-corrected chi connectivity index (χ1v) is 7.02. The monoisotopic (exact) mass is 258 g/mol. The van der Waals surface area contributed by atoms with Gasteiger partial charge in [0.15, 0.2) is 0 Å². The number of aliphatic carboxylic acids is 1. The Morgan fingerprint density at radius 3 is 2.82 bits per heavy atom. The predicted octanol–water partition coefficient (Wildman–Crippen LogP) is 0.0146. The maximum absolute atomic E-state index is 12.2. The SMILES string of the molecule is CC1(C(=O)O)CCN(C(=O)C2CSCCN2)C1. The van der Waals surface area contributed by atoms with Crippen LogP contribution in [0.25, 0.3) is 0 Å². The molecule has 0 aliphatic carbocycles. The van der Waals surface area contributed by atoms with Crippen LogP contribution in [0.2, 0.25) is 0 Å². The smallest absolute Gasteiger partial charge is 0.311 e. The molecule has 2 saturated heterocycles. The number of nitrogens with zero attached hydrogens (tertiary/aromatic N) is 1. The molecule has 2 rings (SSSR count). The second-order valence-corrected chi connectivity index (χ2v) is 6.11. The van der Waals surface area contributed by atoms with Gasteiger partial charge in [-0.25, -0.2) is 0 Å². The van der Waals surface area contributed by atoms with Crippen molar-refractivity contribution in [3.8, 4) is 0 Å². The molecule has 2 aliphatic rings. The van der Waals surface area contributed by atoms with Crippen molar-refractivity contribution in [3.05, 3.63) is 0 Å². The van der Waals surface area contributed by atoms with Gasteiger partial charge in [0.05, 0.1) is 11.5 Å². The Bertz CT molecular complexity index is 331. The van der Waals surface area contributed by atoms with Crippen molar-refractivity contribution in [1.29, 1.82) is 0 Å². The van der Waals surface area contributed by atoms with Crippen LogP contribution in [-0.4, -0.2) is 59.1 Å². The molecule has 2 heterocycles. The first kappa shape index (κ1) is 12.7. The summed E-state index contributed by atoms with van der Waals surface area (Å²) in [5, 5.41) is 12.3. The molecule has 2 fully saturated rings. The van der Waals surface area contributed by atoms with Crippen molar-refractivity contribution < 1.29 is 14.7 Å². The van der Waals surface area contributed by atoms with Crippen LogP contribution in [0.5, 0.6) is 0 Å². The zero-order valence-corrected chi connectivity index (χ0v) is 10.8. The van der Waals surface area contributed by atoms with E-state index < -0.39 is 11.4 Å². The number of amides is 1. The van der Waals surface area contributed by atoms with Crippen molar-refractivity contribution in [1.82, 2.24) is 10.2 Å². The largest absolute Gasteiger partial charge is 0.481 e. The minimum Gasteiger partial charge on any atom is -0.481 e. The molecule has 0 aromatic carbocycles. The number of thioether (sulfide) groups is 1. The summed E-state index contributed by atoms with van der Waals surface area (Å²) in [5.41, 5.74) is -0.766. The molecule has 5 nitrogen and oxygen atoms in total. The Hall–Kier alpha value is -0.750. The highest BCUT2D eigenvalue weighted by molar-refractivity contribution is 7.99. The van der Waals surface area contributed by atoms with Gasteiger partial charge in [0.2, 0.25) is 5.91 Å². The summed E-state index contributed by atoms with van der Waals surface area (Å²) >= 11 is 1.77. The van der Waals surface area contributed by atoms with Gasteiger partial charge in [0.25, 0.3) is 0 Å². The molecule has 0 aromatic rings. The zero-order chi connectivity index (χ0) is 12.5. The molecular weight excluding hydrogens is 240 g/mol. The fourth-order valence-electron chi connectivity index (χ4n) is 2.27. The third kappa shape index (κ3) is 2.57. The minimum absolute atomic E-state index is 0.0576. The summed E-state index contributed by atoms with van der Waals surface area (Å²) in [6.07, 6.45) is 0.550. The lowest BCUT2D eigenvalue weighted by Crippen LogP contribution is -2.50. The number of carbonyl (C=O) groups is 2. The predicted molar refractivity (Wildman–Crippen MR) is 66.1 cm³/mol. The lowest BCUT2D eigenvalue weighted by Gasteiger charge is -2.27. The first-order chi connectivity index (χ1) is 8.03. The number of carboxylic acid groups (broad SMARTS) is 1. The molecule has 0 aromatic heterocycles. The highest BCUT2D eigenvalue weighted by Crippen LogP contribution is 2.30. The number of rotatable bonds is 2. The van der Waals surface area contributed by atoms with E-state index in [1.54, 1.807) is 23.6 Å². The molecule has 96 valence electrons. The van der Waals surface area contributed by atoms with Gasteiger partial charge in [-0.1, -0.05) is 0 Å². The van der Waals surface area contributed by atoms with Gasteiger partial charge in [0.1, 0.15) is 0 Å². The lowest BCUT2D eigenvalue weighted by molar-refractivity contribution is -0.147. The molecule has 0 bridgehead atoms. The average Bonchev–Trinajstić information content (AvgIpc) is 2.74. The van der Waals surface area contributed by atoms with Crippen LogP contribution in [0.4, 0.5) is 0 Å². The highest BCUT2D eigenvalue weighted by atomic mass is 32.2. The van der Waals surface area contributed by atoms with Crippen LogP contribution in [0.3, 0.4) is 0 Å². The molecular formula is C11H18N2O3S. The quantitative estimate of drug-likeness (QED) is 0.730. The minimum atomic E-state index is -0.807. The van der Waals surface area contributed by atoms with E-state index in [2.05, 4.69) is 5.32 Å². The van der Waals surface area contributed by atoms with Crippen LogP contribution < -0.4 is 5.32 Å². The molecule has 2 N–H and O–H groups in total. The van der Waals surface area contributed by atoms with E-state index in [1.807, 2.05) is 0 Å². The Kier molecular flexibility index (Phi) is 3.63. The summed E-state index contributed by atoms with van der Waals surface area (Å²) < 4.78 is 0. The third-order valence-electron chi connectivity index (χ3n) is 3.52. The van der Waals surface area contributed by atoms with Crippen molar-refractivity contribution in [2.24, 2.45) is 5.41 Å². The molecule has 0 spiro atoms. The number of hydrogen-bond acceptors (Lipinski definition) is 4. The van der Waals surface area contributed by atoms with Gasteiger partial charge in [-0.2, -0.15) is 11.8 Å². The maximum atomic E-state index is 12.2. The summed E-state index contributed by atoms with van der Waals surface area (Å²) in [7, 11) is 0. The Labute approximate surface area is 105 Å². The van der Waals surface area contributed by atoms with Gasteiger partial charge in [0, 0.05) is 31.1 Å². The molecule has 17 heavy (non-hydrogen) atoms. The Morgan fingerprint density at radius 1 is 1.53 bits per heavy atom. The van der Waals surface area contributed by atoms with Crippen molar-refractivity contribution in [2.45, 2.75) is 19.4 Å². The van der Waals surface area contributed by atoms with E-state index in [-0.39, 0.29) is 11.9 Å². The number of carbonyl (C=O) groups excluding carboxylic acids is 1. The van der Waals surface area contributed by atoms with Crippen molar-refractivity contribution in [2.75, 3.05) is 31.1 Å². The van der Waals surface area contributed by atoms with Gasteiger partial charge in [-0.3, -0.25) is 9.59 Å². The Morgan fingerprint density at radius 2 is 2.29 bits per heavy atom. The lowest BCUT2D eigenvalue weighted by atomic mass is 9.90. The van der Waals surface area contributed by atoms with Gasteiger partial charge in [-0.15, -0.1) is 0 Å². The number of nitrogens with one attached hydrogen (secondary N) is 1. The van der Waals surface area contributed by atoms with E-state index in [4.69, 9.17) is 5.11 Å². The average molecular weight is 258 g/mol. The van der Waals surface area contributed by atoms with E-state index in [1.165, 1.54) is 0 Å². The molecule has 2 unspecified atom stereocenters. The number of hydrogen-bond donors (Lipinski definition) is 2. The van der Waals surface area contributed by atoms with Gasteiger partial charge in [-0.05, 0) is 13.3 Å². The molecule has 0 saturated carbocycles. The van der Waals surface area contributed by atoms with E-state index in [0.29, 0.717) is 19.5 Å². The fraction of sp³-hybridized carbons (Fsp3) is 0.818. The molecule has 1 amide bonds. The van der Waals surface area contributed by atoms with Gasteiger partial charge >= 0.3 is 5.97 Å². The normalized spacial score (nSPS) is 33.7. The topological polar surface area (TPSA) is 69.6 Å². The zero-order valence-electron chi connectivity index (χ0n) is 9.94. The molecule has 6 heteroatoms. The summed E-state index contributed by atoms with van der Waals surface area (Å²) in [6, 6.07) is -0.134. The van der Waals surface area contributed by atoms with E-state index >= 15 is 0 Å². The maximum Gasteiger partial charge on any atom is 0.311 e. The summed E-state index contributed by atoms with van der Waals surface area (Å²) in [4.78, 5) is 25.0. The van der Waals surface area contributed by atoms with Crippen LogP contribution in [0, 0.1) is 5.41 Å². The first-order valence-electron chi connectivity index (χ1n) is 5.86. The Balaban J connectivity index is 1.95. The van der Waals surface area contributed by atoms with Crippen molar-refractivity contribution >= 4 is 23.6 Å². The fourth-order valence-corrected chi connectivity index (χ4v) is 3.19. The van der Waals surface area contributed by atoms with E-state index in [9.17, 15) is 9.59 Å². The summed E-state index contributed by atoms with van der Waals surface area (Å²) in [5.74, 6) is 1.08. The number of carboxylic acids is 1. The molecule has 2 atom stereocenters. The molecule has 2 aliphatic heterocycles. The standard InChI is InChI=1S/C11H18N2O3S/c1-11(10(15)16)2-4-13(7-11)9(14)8-6-17-5-3-12-8/h8,12H,2-7H2,1H3,(H,15,16). The van der Waals surface area contributed by atoms with Crippen LogP contribution in [0.15, 0.2) is 0 Å².